The summed E-state index contributed by atoms with van der Waals surface area (Å²) in [7, 11) is 0. The molecule has 2 heterocycles. The van der Waals surface area contributed by atoms with Crippen LogP contribution in [-0.2, 0) is 6.54 Å². The number of imidazole rings is 1. The molecule has 3 aromatic rings. The maximum Gasteiger partial charge on any atom is 0.119 e. The fourth-order valence-corrected chi connectivity index (χ4v) is 3.62. The summed E-state index contributed by atoms with van der Waals surface area (Å²) in [5, 5.41) is 0. The number of H-pyrrole nitrogens is 1. The number of rotatable bonds is 7. The molecule has 1 fully saturated rings. The predicted molar refractivity (Wildman–Crippen MR) is 107 cm³/mol. The van der Waals surface area contributed by atoms with Crippen molar-refractivity contribution in [2.75, 3.05) is 32.8 Å². The van der Waals surface area contributed by atoms with E-state index in [1.165, 1.54) is 11.3 Å². The molecule has 1 saturated heterocycles. The summed E-state index contributed by atoms with van der Waals surface area (Å²) in [5.74, 6) is 0.927. The highest BCUT2D eigenvalue weighted by molar-refractivity contribution is 5.23. The Bertz CT molecular complexity index is 784. The third-order valence-corrected chi connectivity index (χ3v) is 5.13. The molecule has 5 nitrogen and oxygen atoms in total. The minimum atomic E-state index is 0.265. The minimum absolute atomic E-state index is 0.265. The summed E-state index contributed by atoms with van der Waals surface area (Å²) in [6.45, 7) is 5.76. The highest BCUT2D eigenvalue weighted by Gasteiger charge is 2.25. The molecule has 140 valence electrons. The second kappa shape index (κ2) is 8.84. The molecular formula is C22H26N4O. The van der Waals surface area contributed by atoms with E-state index in [1.54, 1.807) is 6.33 Å². The van der Waals surface area contributed by atoms with Crippen molar-refractivity contribution in [1.29, 1.82) is 0 Å². The number of hydrogen-bond acceptors (Lipinski definition) is 4. The van der Waals surface area contributed by atoms with Gasteiger partial charge in [0, 0.05) is 44.6 Å². The van der Waals surface area contributed by atoms with Crippen molar-refractivity contribution >= 4 is 0 Å². The van der Waals surface area contributed by atoms with Crippen molar-refractivity contribution in [3.8, 4) is 5.75 Å². The Hall–Kier alpha value is -2.63. The van der Waals surface area contributed by atoms with Crippen LogP contribution in [-0.4, -0.2) is 52.6 Å². The first-order valence-corrected chi connectivity index (χ1v) is 9.55. The van der Waals surface area contributed by atoms with Gasteiger partial charge in [0.05, 0.1) is 12.4 Å². The number of aromatic nitrogens is 2. The van der Waals surface area contributed by atoms with Gasteiger partial charge in [0.1, 0.15) is 12.4 Å². The van der Waals surface area contributed by atoms with Gasteiger partial charge in [-0.3, -0.25) is 9.80 Å². The van der Waals surface area contributed by atoms with Gasteiger partial charge in [-0.2, -0.15) is 0 Å². The van der Waals surface area contributed by atoms with Gasteiger partial charge in [-0.1, -0.05) is 48.5 Å². The molecule has 4 rings (SSSR count). The Labute approximate surface area is 160 Å². The van der Waals surface area contributed by atoms with E-state index in [1.807, 2.05) is 36.5 Å². The van der Waals surface area contributed by atoms with Crippen LogP contribution in [0.2, 0.25) is 0 Å². The summed E-state index contributed by atoms with van der Waals surface area (Å²) in [4.78, 5) is 12.3. The molecule has 0 aliphatic carbocycles. The molecule has 1 aromatic heterocycles. The zero-order chi connectivity index (χ0) is 18.3. The van der Waals surface area contributed by atoms with E-state index in [-0.39, 0.29) is 6.04 Å². The average molecular weight is 362 g/mol. The normalized spacial score (nSPS) is 16.9. The van der Waals surface area contributed by atoms with Crippen molar-refractivity contribution in [1.82, 2.24) is 19.8 Å². The molecule has 1 N–H and O–H groups in total. The van der Waals surface area contributed by atoms with Gasteiger partial charge >= 0.3 is 0 Å². The summed E-state index contributed by atoms with van der Waals surface area (Å²) < 4.78 is 6.12. The first-order valence-electron chi connectivity index (χ1n) is 9.55. The monoisotopic (exact) mass is 362 g/mol. The van der Waals surface area contributed by atoms with Crippen molar-refractivity contribution in [3.05, 3.63) is 84.4 Å². The van der Waals surface area contributed by atoms with Crippen molar-refractivity contribution < 1.29 is 4.74 Å². The van der Waals surface area contributed by atoms with Crippen LogP contribution in [0.5, 0.6) is 5.75 Å². The molecule has 2 aromatic carbocycles. The molecule has 1 aliphatic rings. The second-order valence-electron chi connectivity index (χ2n) is 6.94. The third kappa shape index (κ3) is 4.76. The van der Waals surface area contributed by atoms with Crippen LogP contribution in [0.3, 0.4) is 0 Å². The molecule has 0 radical (unpaired) electrons. The number of hydrogen-bond donors (Lipinski definition) is 1. The molecule has 0 spiro atoms. The average Bonchev–Trinajstić information content (AvgIpc) is 3.24. The van der Waals surface area contributed by atoms with Gasteiger partial charge in [0.15, 0.2) is 0 Å². The lowest BCUT2D eigenvalue weighted by Crippen LogP contribution is -2.48. The Morgan fingerprint density at radius 2 is 1.63 bits per heavy atom. The Morgan fingerprint density at radius 1 is 0.926 bits per heavy atom. The lowest BCUT2D eigenvalue weighted by atomic mass is 10.0. The third-order valence-electron chi connectivity index (χ3n) is 5.13. The lowest BCUT2D eigenvalue weighted by Gasteiger charge is -2.39. The fourth-order valence-electron chi connectivity index (χ4n) is 3.62. The van der Waals surface area contributed by atoms with Crippen LogP contribution in [0.1, 0.15) is 17.3 Å². The molecule has 27 heavy (non-hydrogen) atoms. The summed E-state index contributed by atoms with van der Waals surface area (Å²) in [5.41, 5.74) is 2.49. The number of para-hydroxylation sites is 1. The number of aromatic amines is 1. The van der Waals surface area contributed by atoms with E-state index in [4.69, 9.17) is 4.74 Å². The Balaban J connectivity index is 1.40. The Kier molecular flexibility index (Phi) is 5.82. The van der Waals surface area contributed by atoms with Crippen molar-refractivity contribution in [3.63, 3.8) is 0 Å². The first kappa shape index (κ1) is 17.8. The fraction of sp³-hybridized carbons (Fsp3) is 0.318. The Morgan fingerprint density at radius 3 is 2.30 bits per heavy atom. The maximum atomic E-state index is 6.12. The van der Waals surface area contributed by atoms with Crippen LogP contribution >= 0.6 is 0 Å². The number of nitrogens with zero attached hydrogens (tertiary/aromatic N) is 3. The summed E-state index contributed by atoms with van der Waals surface area (Å²) in [6, 6.07) is 21.0. The first-order chi connectivity index (χ1) is 13.4. The van der Waals surface area contributed by atoms with Crippen LogP contribution in [0, 0.1) is 0 Å². The molecule has 0 bridgehead atoms. The quantitative estimate of drug-likeness (QED) is 0.700. The van der Waals surface area contributed by atoms with Gasteiger partial charge in [-0.05, 0) is 17.7 Å². The zero-order valence-electron chi connectivity index (χ0n) is 15.5. The van der Waals surface area contributed by atoms with E-state index in [0.29, 0.717) is 6.61 Å². The smallest absolute Gasteiger partial charge is 0.119 e. The van der Waals surface area contributed by atoms with Crippen LogP contribution in [0.25, 0.3) is 0 Å². The highest BCUT2D eigenvalue weighted by atomic mass is 16.5. The molecule has 5 heteroatoms. The van der Waals surface area contributed by atoms with Gasteiger partial charge in [-0.25, -0.2) is 4.98 Å². The number of benzene rings is 2. The van der Waals surface area contributed by atoms with E-state index < -0.39 is 0 Å². The molecular weight excluding hydrogens is 336 g/mol. The summed E-state index contributed by atoms with van der Waals surface area (Å²) >= 11 is 0. The second-order valence-corrected chi connectivity index (χ2v) is 6.94. The SMILES string of the molecule is c1ccc(OCC(c2ccccc2)N2CCN(Cc3cnc[nH]3)CC2)cc1. The highest BCUT2D eigenvalue weighted by Crippen LogP contribution is 2.24. The van der Waals surface area contributed by atoms with Crippen molar-refractivity contribution in [2.45, 2.75) is 12.6 Å². The topological polar surface area (TPSA) is 44.4 Å². The lowest BCUT2D eigenvalue weighted by molar-refractivity contribution is 0.0673. The van der Waals surface area contributed by atoms with E-state index in [9.17, 15) is 0 Å². The molecule has 1 atom stereocenters. The van der Waals surface area contributed by atoms with Crippen LogP contribution in [0.4, 0.5) is 0 Å². The van der Waals surface area contributed by atoms with Gasteiger partial charge in [-0.15, -0.1) is 0 Å². The number of piperazine rings is 1. The predicted octanol–water partition coefficient (Wildman–Crippen LogP) is 3.35. The minimum Gasteiger partial charge on any atom is -0.492 e. The largest absolute Gasteiger partial charge is 0.492 e. The summed E-state index contributed by atoms with van der Waals surface area (Å²) in [6.07, 6.45) is 3.66. The molecule has 1 unspecified atom stereocenters. The number of nitrogens with one attached hydrogen (secondary N) is 1. The molecule has 1 aliphatic heterocycles. The standard InChI is InChI=1S/C22H26N4O/c1-3-7-19(8-4-1)22(17-27-21-9-5-2-6-10-21)26-13-11-25(12-14-26)16-20-15-23-18-24-20/h1-10,15,18,22H,11-14,16-17H2,(H,23,24). The van der Waals surface area contributed by atoms with Crippen molar-refractivity contribution in [2.24, 2.45) is 0 Å². The molecule has 0 amide bonds. The van der Waals surface area contributed by atoms with E-state index >= 15 is 0 Å². The van der Waals surface area contributed by atoms with Gasteiger partial charge < -0.3 is 9.72 Å². The van der Waals surface area contributed by atoms with Gasteiger partial charge in [0.2, 0.25) is 0 Å². The van der Waals surface area contributed by atoms with Crippen LogP contribution < -0.4 is 4.74 Å². The van der Waals surface area contributed by atoms with E-state index in [0.717, 1.165) is 38.5 Å². The zero-order valence-corrected chi connectivity index (χ0v) is 15.5. The maximum absolute atomic E-state index is 6.12. The molecule has 0 saturated carbocycles. The number of ether oxygens (including phenoxy) is 1. The van der Waals surface area contributed by atoms with Crippen LogP contribution in [0.15, 0.2) is 73.2 Å². The van der Waals surface area contributed by atoms with E-state index in [2.05, 4.69) is 50.1 Å². The van der Waals surface area contributed by atoms with Gasteiger partial charge in [0.25, 0.3) is 0 Å².